The Morgan fingerprint density at radius 3 is 2.47 bits per heavy atom. The third-order valence-corrected chi connectivity index (χ3v) is 7.20. The van der Waals surface area contributed by atoms with Crippen LogP contribution in [0.2, 0.25) is 5.02 Å². The number of nitrogens with zero attached hydrogens (tertiary/aromatic N) is 4. The summed E-state index contributed by atoms with van der Waals surface area (Å²) in [7, 11) is -3.85. The van der Waals surface area contributed by atoms with Crippen molar-refractivity contribution in [3.63, 3.8) is 0 Å². The number of aliphatic hydroxyl groups is 1. The molecule has 0 saturated heterocycles. The van der Waals surface area contributed by atoms with Gasteiger partial charge in [-0.25, -0.2) is 21.5 Å². The molecule has 1 amide bonds. The van der Waals surface area contributed by atoms with Gasteiger partial charge in [0.25, 0.3) is 11.5 Å². The maximum Gasteiger partial charge on any atom is 0.280 e. The molecule has 1 aliphatic heterocycles. The average molecular weight is 569 g/mol. The minimum Gasteiger partial charge on any atom is -0.471 e. The summed E-state index contributed by atoms with van der Waals surface area (Å²) in [5.41, 5.74) is -1.96. The van der Waals surface area contributed by atoms with Gasteiger partial charge in [-0.05, 0) is 51.1 Å². The van der Waals surface area contributed by atoms with E-state index in [0.29, 0.717) is 6.07 Å². The van der Waals surface area contributed by atoms with Gasteiger partial charge in [-0.1, -0.05) is 11.6 Å². The van der Waals surface area contributed by atoms with E-state index in [4.69, 9.17) is 16.3 Å². The number of aromatic nitrogens is 2. The zero-order valence-electron chi connectivity index (χ0n) is 20.7. The summed E-state index contributed by atoms with van der Waals surface area (Å²) in [4.78, 5) is 31.3. The third-order valence-electron chi connectivity index (χ3n) is 5.76. The molecule has 0 unspecified atom stereocenters. The van der Waals surface area contributed by atoms with Crippen molar-refractivity contribution < 1.29 is 31.8 Å². The highest BCUT2D eigenvalue weighted by molar-refractivity contribution is 7.92. The highest BCUT2D eigenvalue weighted by atomic mass is 35.5. The molecule has 1 aromatic heterocycles. The smallest absolute Gasteiger partial charge is 0.280 e. The number of carbonyl (C=O) groups is 1. The standard InChI is InChI=1S/C24H23ClF2N4O6S/c1-13-28-21(37-11-14-5-6-15(26)9-17(14)27)20(25)22(32)31(13)16-7-8-18-19(10-16)30(38(4,35)36)12-29(18)23(33)24(2,3)34/h5-10,34H,11-12H2,1-4H3. The quantitative estimate of drug-likeness (QED) is 0.485. The van der Waals surface area contributed by atoms with E-state index >= 15 is 0 Å². The number of fused-ring (bicyclic) bond motifs is 1. The first-order chi connectivity index (χ1) is 17.6. The molecule has 0 radical (unpaired) electrons. The summed E-state index contributed by atoms with van der Waals surface area (Å²) in [6.07, 6.45) is 0.966. The molecule has 202 valence electrons. The molecule has 4 rings (SSSR count). The predicted molar refractivity (Wildman–Crippen MR) is 136 cm³/mol. The fourth-order valence-corrected chi connectivity index (χ4v) is 4.92. The largest absolute Gasteiger partial charge is 0.471 e. The number of hydrogen-bond donors (Lipinski definition) is 1. The Morgan fingerprint density at radius 1 is 1.18 bits per heavy atom. The Hall–Kier alpha value is -3.55. The van der Waals surface area contributed by atoms with E-state index in [2.05, 4.69) is 4.98 Å². The van der Waals surface area contributed by atoms with Gasteiger partial charge in [-0.2, -0.15) is 4.98 Å². The average Bonchev–Trinajstić information content (AvgIpc) is 3.19. The second-order valence-electron chi connectivity index (χ2n) is 9.16. The molecule has 38 heavy (non-hydrogen) atoms. The van der Waals surface area contributed by atoms with Crippen LogP contribution in [-0.2, 0) is 21.4 Å². The first kappa shape index (κ1) is 27.5. The zero-order valence-corrected chi connectivity index (χ0v) is 22.3. The summed E-state index contributed by atoms with van der Waals surface area (Å²) in [6, 6.07) is 7.24. The number of carbonyl (C=O) groups excluding carboxylic acids is 1. The lowest BCUT2D eigenvalue weighted by molar-refractivity contribution is -0.133. The zero-order chi connectivity index (χ0) is 28.2. The van der Waals surface area contributed by atoms with Crippen molar-refractivity contribution in [3.8, 4) is 11.6 Å². The lowest BCUT2D eigenvalue weighted by atomic mass is 10.1. The molecule has 0 spiro atoms. The highest BCUT2D eigenvalue weighted by Crippen LogP contribution is 2.40. The van der Waals surface area contributed by atoms with E-state index in [-0.39, 0.29) is 47.6 Å². The lowest BCUT2D eigenvalue weighted by Gasteiger charge is -2.25. The number of ether oxygens (including phenoxy) is 1. The third kappa shape index (κ3) is 5.08. The Bertz CT molecular complexity index is 1620. The first-order valence-electron chi connectivity index (χ1n) is 11.1. The van der Waals surface area contributed by atoms with E-state index in [9.17, 15) is 31.9 Å². The van der Waals surface area contributed by atoms with Crippen LogP contribution in [-0.4, -0.2) is 47.5 Å². The molecule has 14 heteroatoms. The number of sulfonamides is 1. The Morgan fingerprint density at radius 2 is 1.87 bits per heavy atom. The maximum atomic E-state index is 13.9. The minimum atomic E-state index is -3.85. The van der Waals surface area contributed by atoms with Gasteiger partial charge in [-0.15, -0.1) is 0 Å². The number of rotatable bonds is 6. The molecule has 0 atom stereocenters. The van der Waals surface area contributed by atoms with Gasteiger partial charge in [0, 0.05) is 11.6 Å². The molecule has 1 aliphatic rings. The van der Waals surface area contributed by atoms with Crippen molar-refractivity contribution >= 4 is 38.9 Å². The van der Waals surface area contributed by atoms with Crippen LogP contribution < -0.4 is 19.5 Å². The number of hydrogen-bond acceptors (Lipinski definition) is 7. The topological polar surface area (TPSA) is 122 Å². The molecule has 2 aromatic carbocycles. The summed E-state index contributed by atoms with van der Waals surface area (Å²) in [5, 5.41) is 9.77. The Kier molecular flexibility index (Phi) is 6.97. The molecule has 2 heterocycles. The van der Waals surface area contributed by atoms with Crippen LogP contribution >= 0.6 is 11.6 Å². The van der Waals surface area contributed by atoms with Crippen molar-refractivity contribution in [1.82, 2.24) is 9.55 Å². The summed E-state index contributed by atoms with van der Waals surface area (Å²) in [6.45, 7) is 3.33. The van der Waals surface area contributed by atoms with Crippen LogP contribution in [0.4, 0.5) is 20.2 Å². The Labute approximate surface area is 221 Å². The van der Waals surface area contributed by atoms with Crippen molar-refractivity contribution in [2.75, 3.05) is 22.1 Å². The van der Waals surface area contributed by atoms with Crippen molar-refractivity contribution in [1.29, 1.82) is 0 Å². The molecule has 1 N–H and O–H groups in total. The Balaban J connectivity index is 1.74. The van der Waals surface area contributed by atoms with Gasteiger partial charge < -0.3 is 9.84 Å². The second kappa shape index (κ2) is 9.64. The molecule has 0 saturated carbocycles. The van der Waals surface area contributed by atoms with Crippen LogP contribution in [0.1, 0.15) is 25.2 Å². The van der Waals surface area contributed by atoms with E-state index in [1.54, 1.807) is 0 Å². The van der Waals surface area contributed by atoms with Crippen molar-refractivity contribution in [2.24, 2.45) is 0 Å². The molecule has 3 aromatic rings. The van der Waals surface area contributed by atoms with Crippen molar-refractivity contribution in [2.45, 2.75) is 33.0 Å². The van der Waals surface area contributed by atoms with Crippen LogP contribution in [0, 0.1) is 18.6 Å². The molecular formula is C24H23ClF2N4O6S. The number of benzene rings is 2. The highest BCUT2D eigenvalue weighted by Gasteiger charge is 2.40. The van der Waals surface area contributed by atoms with Gasteiger partial charge in [0.1, 0.15) is 36.3 Å². The van der Waals surface area contributed by atoms with Crippen LogP contribution in [0.3, 0.4) is 0 Å². The minimum absolute atomic E-state index is 0.0238. The summed E-state index contributed by atoms with van der Waals surface area (Å²) >= 11 is 6.22. The van der Waals surface area contributed by atoms with Gasteiger partial charge in [0.05, 0.1) is 23.3 Å². The molecule has 0 fully saturated rings. The van der Waals surface area contributed by atoms with E-state index < -0.39 is 43.7 Å². The number of halogens is 3. The van der Waals surface area contributed by atoms with Crippen LogP contribution in [0.15, 0.2) is 41.2 Å². The monoisotopic (exact) mass is 568 g/mol. The SMILES string of the molecule is Cc1nc(OCc2ccc(F)cc2F)c(Cl)c(=O)n1-c1ccc2c(c1)N(S(C)(=O)=O)CN2C(=O)C(C)(C)O. The van der Waals surface area contributed by atoms with E-state index in [0.717, 1.165) is 26.1 Å². The van der Waals surface area contributed by atoms with Crippen molar-refractivity contribution in [3.05, 3.63) is 74.8 Å². The van der Waals surface area contributed by atoms with E-state index in [1.807, 2.05) is 0 Å². The van der Waals surface area contributed by atoms with Gasteiger partial charge >= 0.3 is 0 Å². The fraction of sp³-hybridized carbons (Fsp3) is 0.292. The normalized spacial score (nSPS) is 13.6. The number of amides is 1. The lowest BCUT2D eigenvalue weighted by Crippen LogP contribution is -2.47. The van der Waals surface area contributed by atoms with Gasteiger partial charge in [0.2, 0.25) is 15.9 Å². The van der Waals surface area contributed by atoms with Gasteiger partial charge in [-0.3, -0.25) is 19.1 Å². The predicted octanol–water partition coefficient (Wildman–Crippen LogP) is 2.89. The summed E-state index contributed by atoms with van der Waals surface area (Å²) < 4.78 is 59.6. The second-order valence-corrected chi connectivity index (χ2v) is 11.4. The molecule has 0 bridgehead atoms. The molecular weight excluding hydrogens is 546 g/mol. The fourth-order valence-electron chi connectivity index (χ4n) is 3.91. The van der Waals surface area contributed by atoms with E-state index in [1.165, 1.54) is 45.0 Å². The number of anilines is 2. The van der Waals surface area contributed by atoms with Crippen LogP contribution in [0.5, 0.6) is 5.88 Å². The van der Waals surface area contributed by atoms with Crippen LogP contribution in [0.25, 0.3) is 5.69 Å². The van der Waals surface area contributed by atoms with Gasteiger partial charge in [0.15, 0.2) is 5.02 Å². The maximum absolute atomic E-state index is 13.9. The number of aryl methyl sites for hydroxylation is 1. The molecule has 10 nitrogen and oxygen atoms in total. The molecule has 0 aliphatic carbocycles. The summed E-state index contributed by atoms with van der Waals surface area (Å²) in [5.74, 6) is -2.46. The first-order valence-corrected chi connectivity index (χ1v) is 13.3.